The molecule has 1 amide bonds. The Labute approximate surface area is 181 Å². The molecule has 0 unspecified atom stereocenters. The highest BCUT2D eigenvalue weighted by Crippen LogP contribution is 2.24. The Kier molecular flexibility index (Phi) is 5.52. The van der Waals surface area contributed by atoms with Crippen molar-refractivity contribution in [2.75, 3.05) is 16.7 Å². The first-order valence-corrected chi connectivity index (χ1v) is 11.2. The van der Waals surface area contributed by atoms with Gasteiger partial charge in [-0.05, 0) is 55.0 Å². The van der Waals surface area contributed by atoms with Crippen LogP contribution in [0.5, 0.6) is 0 Å². The fraction of sp³-hybridized carbons (Fsp3) is 0.125. The highest BCUT2D eigenvalue weighted by Gasteiger charge is 2.21. The van der Waals surface area contributed by atoms with Crippen molar-refractivity contribution >= 4 is 38.3 Å². The average molecular weight is 435 g/mol. The number of benzene rings is 3. The van der Waals surface area contributed by atoms with E-state index in [4.69, 9.17) is 4.42 Å². The number of sulfonamides is 1. The first-order chi connectivity index (χ1) is 14.8. The van der Waals surface area contributed by atoms with Gasteiger partial charge in [0.1, 0.15) is 5.58 Å². The van der Waals surface area contributed by atoms with Gasteiger partial charge in [0.05, 0.1) is 23.3 Å². The average Bonchev–Trinajstić information content (AvgIpc) is 3.15. The first kappa shape index (κ1) is 20.7. The molecule has 0 fully saturated rings. The van der Waals surface area contributed by atoms with Crippen molar-refractivity contribution in [1.82, 2.24) is 0 Å². The Morgan fingerprint density at radius 3 is 2.42 bits per heavy atom. The third kappa shape index (κ3) is 4.32. The summed E-state index contributed by atoms with van der Waals surface area (Å²) < 4.78 is 32.5. The molecule has 1 N–H and O–H groups in total. The Bertz CT molecular complexity index is 1330. The van der Waals surface area contributed by atoms with Gasteiger partial charge >= 0.3 is 0 Å². The predicted octanol–water partition coefficient (Wildman–Crippen LogP) is 4.75. The van der Waals surface area contributed by atoms with Gasteiger partial charge in [-0.1, -0.05) is 30.3 Å². The SMILES string of the molecule is Cc1ccc2c(CC(=O)Nc3ccc(S(=O)(=O)N(C)c4ccccc4)cc3)coc2c1. The molecule has 0 saturated carbocycles. The number of furan rings is 1. The molecule has 0 spiro atoms. The molecule has 0 atom stereocenters. The third-order valence-electron chi connectivity index (χ3n) is 5.08. The maximum absolute atomic E-state index is 12.9. The van der Waals surface area contributed by atoms with Crippen molar-refractivity contribution in [3.63, 3.8) is 0 Å². The van der Waals surface area contributed by atoms with Crippen LogP contribution in [0.2, 0.25) is 0 Å². The number of carbonyl (C=O) groups excluding carboxylic acids is 1. The minimum Gasteiger partial charge on any atom is -0.464 e. The Balaban J connectivity index is 1.46. The summed E-state index contributed by atoms with van der Waals surface area (Å²) in [6, 6.07) is 20.8. The molecule has 0 bridgehead atoms. The van der Waals surface area contributed by atoms with Crippen molar-refractivity contribution in [2.45, 2.75) is 18.2 Å². The summed E-state index contributed by atoms with van der Waals surface area (Å²) in [6.45, 7) is 1.98. The van der Waals surface area contributed by atoms with Gasteiger partial charge in [0.15, 0.2) is 0 Å². The molecular formula is C24H22N2O4S. The van der Waals surface area contributed by atoms with Gasteiger partial charge in [-0.3, -0.25) is 9.10 Å². The number of para-hydroxylation sites is 1. The third-order valence-corrected chi connectivity index (χ3v) is 6.88. The molecule has 0 radical (unpaired) electrons. The van der Waals surface area contributed by atoms with E-state index in [1.165, 1.54) is 23.5 Å². The van der Waals surface area contributed by atoms with E-state index in [2.05, 4.69) is 5.32 Å². The van der Waals surface area contributed by atoms with E-state index < -0.39 is 10.0 Å². The lowest BCUT2D eigenvalue weighted by atomic mass is 10.1. The van der Waals surface area contributed by atoms with Gasteiger partial charge in [0, 0.05) is 23.7 Å². The van der Waals surface area contributed by atoms with Crippen LogP contribution in [0.15, 0.2) is 88.4 Å². The molecule has 1 heterocycles. The Hall–Kier alpha value is -3.58. The number of nitrogens with zero attached hydrogens (tertiary/aromatic N) is 1. The quantitative estimate of drug-likeness (QED) is 0.475. The number of aryl methyl sites for hydroxylation is 1. The number of fused-ring (bicyclic) bond motifs is 1. The zero-order valence-corrected chi connectivity index (χ0v) is 18.0. The second-order valence-electron chi connectivity index (χ2n) is 7.32. The topological polar surface area (TPSA) is 79.6 Å². The van der Waals surface area contributed by atoms with Crippen molar-refractivity contribution in [3.05, 3.63) is 90.2 Å². The minimum atomic E-state index is -3.70. The van der Waals surface area contributed by atoms with Gasteiger partial charge in [0.25, 0.3) is 10.0 Å². The molecular weight excluding hydrogens is 412 g/mol. The molecule has 0 aliphatic carbocycles. The number of nitrogens with one attached hydrogen (secondary N) is 1. The first-order valence-electron chi connectivity index (χ1n) is 9.75. The molecule has 4 aromatic rings. The lowest BCUT2D eigenvalue weighted by molar-refractivity contribution is -0.115. The zero-order valence-electron chi connectivity index (χ0n) is 17.2. The van der Waals surface area contributed by atoms with Gasteiger partial charge in [-0.15, -0.1) is 0 Å². The number of hydrogen-bond donors (Lipinski definition) is 1. The summed E-state index contributed by atoms with van der Waals surface area (Å²) in [6.07, 6.45) is 1.76. The lowest BCUT2D eigenvalue weighted by Gasteiger charge is -2.19. The van der Waals surface area contributed by atoms with E-state index in [9.17, 15) is 13.2 Å². The van der Waals surface area contributed by atoms with E-state index in [1.807, 2.05) is 31.2 Å². The second-order valence-corrected chi connectivity index (χ2v) is 9.29. The van der Waals surface area contributed by atoms with Gasteiger partial charge in [-0.25, -0.2) is 8.42 Å². The second kappa shape index (κ2) is 8.28. The number of carbonyl (C=O) groups is 1. The molecule has 0 aliphatic rings. The van der Waals surface area contributed by atoms with Crippen LogP contribution >= 0.6 is 0 Å². The molecule has 158 valence electrons. The van der Waals surface area contributed by atoms with Crippen molar-refractivity contribution < 1.29 is 17.6 Å². The van der Waals surface area contributed by atoms with Crippen LogP contribution in [0, 0.1) is 6.92 Å². The maximum Gasteiger partial charge on any atom is 0.264 e. The summed E-state index contributed by atoms with van der Waals surface area (Å²) in [7, 11) is -2.19. The Morgan fingerprint density at radius 1 is 1.00 bits per heavy atom. The molecule has 31 heavy (non-hydrogen) atoms. The van der Waals surface area contributed by atoms with Gasteiger partial charge in [0.2, 0.25) is 5.91 Å². The van der Waals surface area contributed by atoms with Crippen LogP contribution in [0.25, 0.3) is 11.0 Å². The van der Waals surface area contributed by atoms with Crippen LogP contribution in [-0.2, 0) is 21.2 Å². The standard InChI is InChI=1S/C24H22N2O4S/c1-17-8-13-22-18(16-30-23(22)14-17)15-24(27)25-19-9-11-21(12-10-19)31(28,29)26(2)20-6-4-3-5-7-20/h3-14,16H,15H2,1-2H3,(H,25,27). The molecule has 7 heteroatoms. The highest BCUT2D eigenvalue weighted by molar-refractivity contribution is 7.92. The smallest absolute Gasteiger partial charge is 0.264 e. The summed E-state index contributed by atoms with van der Waals surface area (Å²) in [5, 5.41) is 3.72. The number of anilines is 2. The van der Waals surface area contributed by atoms with Crippen LogP contribution in [0.1, 0.15) is 11.1 Å². The monoisotopic (exact) mass is 434 g/mol. The largest absolute Gasteiger partial charge is 0.464 e. The lowest BCUT2D eigenvalue weighted by Crippen LogP contribution is -2.26. The highest BCUT2D eigenvalue weighted by atomic mass is 32.2. The van der Waals surface area contributed by atoms with Gasteiger partial charge in [-0.2, -0.15) is 0 Å². The van der Waals surface area contributed by atoms with Crippen LogP contribution in [-0.4, -0.2) is 21.4 Å². The Morgan fingerprint density at radius 2 is 1.71 bits per heavy atom. The van der Waals surface area contributed by atoms with Crippen LogP contribution in [0.4, 0.5) is 11.4 Å². The van der Waals surface area contributed by atoms with Crippen molar-refractivity contribution in [1.29, 1.82) is 0 Å². The predicted molar refractivity (Wildman–Crippen MR) is 122 cm³/mol. The molecule has 1 aromatic heterocycles. The summed E-state index contributed by atoms with van der Waals surface area (Å²) in [5.74, 6) is -0.208. The number of rotatable bonds is 6. The normalized spacial score (nSPS) is 11.4. The molecule has 0 saturated heterocycles. The summed E-state index contributed by atoms with van der Waals surface area (Å²) in [5.41, 5.74) is 3.74. The summed E-state index contributed by atoms with van der Waals surface area (Å²) >= 11 is 0. The fourth-order valence-electron chi connectivity index (χ4n) is 3.35. The van der Waals surface area contributed by atoms with Crippen LogP contribution < -0.4 is 9.62 Å². The van der Waals surface area contributed by atoms with E-state index in [0.717, 1.165) is 22.1 Å². The van der Waals surface area contributed by atoms with E-state index in [1.54, 1.807) is 42.7 Å². The molecule has 0 aliphatic heterocycles. The molecule has 4 rings (SSSR count). The zero-order chi connectivity index (χ0) is 22.0. The van der Waals surface area contributed by atoms with Crippen molar-refractivity contribution in [2.24, 2.45) is 0 Å². The van der Waals surface area contributed by atoms with Crippen molar-refractivity contribution in [3.8, 4) is 0 Å². The van der Waals surface area contributed by atoms with Gasteiger partial charge < -0.3 is 9.73 Å². The number of amides is 1. The minimum absolute atomic E-state index is 0.146. The number of hydrogen-bond acceptors (Lipinski definition) is 4. The van der Waals surface area contributed by atoms with E-state index in [0.29, 0.717) is 11.4 Å². The summed E-state index contributed by atoms with van der Waals surface area (Å²) in [4.78, 5) is 12.6. The maximum atomic E-state index is 12.9. The van der Waals surface area contributed by atoms with E-state index in [-0.39, 0.29) is 17.2 Å². The van der Waals surface area contributed by atoms with Crippen LogP contribution in [0.3, 0.4) is 0 Å². The van der Waals surface area contributed by atoms with E-state index >= 15 is 0 Å². The molecule has 3 aromatic carbocycles. The fourth-order valence-corrected chi connectivity index (χ4v) is 4.55. The molecule has 6 nitrogen and oxygen atoms in total.